The Labute approximate surface area is 96.8 Å². The van der Waals surface area contributed by atoms with Crippen molar-refractivity contribution in [2.45, 2.75) is 0 Å². The summed E-state index contributed by atoms with van der Waals surface area (Å²) in [4.78, 5) is 1.91. The Hall–Kier alpha value is -1.29. The fraction of sp³-hybridized carbons (Fsp3) is 0.182. The molecular formula is C11H11BrN2O. The summed E-state index contributed by atoms with van der Waals surface area (Å²) in [5, 5.41) is 3.95. The third kappa shape index (κ3) is 2.21. The summed E-state index contributed by atoms with van der Waals surface area (Å²) in [6.45, 7) is 0. The SMILES string of the molecule is CN(C)c1cc(-c2ccc(Br)cc2)on1. The zero-order valence-electron chi connectivity index (χ0n) is 8.57. The summed E-state index contributed by atoms with van der Waals surface area (Å²) < 4.78 is 6.30. The average molecular weight is 267 g/mol. The van der Waals surface area contributed by atoms with Crippen LogP contribution in [0.25, 0.3) is 11.3 Å². The van der Waals surface area contributed by atoms with Crippen molar-refractivity contribution in [1.82, 2.24) is 5.16 Å². The lowest BCUT2D eigenvalue weighted by Crippen LogP contribution is -2.08. The van der Waals surface area contributed by atoms with Crippen LogP contribution >= 0.6 is 15.9 Å². The second-order valence-electron chi connectivity index (χ2n) is 3.45. The number of hydrogen-bond donors (Lipinski definition) is 0. The molecule has 0 saturated heterocycles. The third-order valence-electron chi connectivity index (χ3n) is 2.08. The van der Waals surface area contributed by atoms with Gasteiger partial charge in [-0.2, -0.15) is 0 Å². The van der Waals surface area contributed by atoms with Gasteiger partial charge in [0.2, 0.25) is 0 Å². The molecule has 0 aliphatic rings. The molecule has 0 saturated carbocycles. The predicted octanol–water partition coefficient (Wildman–Crippen LogP) is 3.17. The molecule has 0 amide bonds. The van der Waals surface area contributed by atoms with E-state index in [-0.39, 0.29) is 0 Å². The Morgan fingerprint density at radius 2 is 1.87 bits per heavy atom. The van der Waals surface area contributed by atoms with E-state index in [0.717, 1.165) is 21.6 Å². The molecule has 0 bridgehead atoms. The van der Waals surface area contributed by atoms with Crippen LogP contribution in [0, 0.1) is 0 Å². The molecule has 1 heterocycles. The predicted molar refractivity (Wildman–Crippen MR) is 64.0 cm³/mol. The Balaban J connectivity index is 2.33. The third-order valence-corrected chi connectivity index (χ3v) is 2.61. The van der Waals surface area contributed by atoms with Gasteiger partial charge in [-0.15, -0.1) is 0 Å². The Morgan fingerprint density at radius 3 is 2.40 bits per heavy atom. The molecule has 0 fully saturated rings. The second-order valence-corrected chi connectivity index (χ2v) is 4.37. The van der Waals surface area contributed by atoms with Gasteiger partial charge in [0.25, 0.3) is 0 Å². The van der Waals surface area contributed by atoms with Gasteiger partial charge < -0.3 is 9.42 Å². The van der Waals surface area contributed by atoms with Crippen LogP contribution in [0.15, 0.2) is 39.3 Å². The first-order valence-corrected chi connectivity index (χ1v) is 5.36. The highest BCUT2D eigenvalue weighted by atomic mass is 79.9. The maximum Gasteiger partial charge on any atom is 0.172 e. The van der Waals surface area contributed by atoms with Crippen LogP contribution in [0.5, 0.6) is 0 Å². The van der Waals surface area contributed by atoms with Crippen LogP contribution in [-0.2, 0) is 0 Å². The van der Waals surface area contributed by atoms with E-state index in [1.54, 1.807) is 0 Å². The molecule has 2 rings (SSSR count). The van der Waals surface area contributed by atoms with Gasteiger partial charge in [-0.05, 0) is 12.1 Å². The van der Waals surface area contributed by atoms with Crippen molar-refractivity contribution in [3.8, 4) is 11.3 Å². The normalized spacial score (nSPS) is 10.3. The van der Waals surface area contributed by atoms with Gasteiger partial charge in [-0.3, -0.25) is 0 Å². The van der Waals surface area contributed by atoms with E-state index in [1.165, 1.54) is 0 Å². The van der Waals surface area contributed by atoms with Crippen molar-refractivity contribution < 1.29 is 4.52 Å². The topological polar surface area (TPSA) is 29.3 Å². The molecule has 0 unspecified atom stereocenters. The number of benzene rings is 1. The first kappa shape index (κ1) is 10.2. The molecule has 0 N–H and O–H groups in total. The maximum atomic E-state index is 5.24. The summed E-state index contributed by atoms with van der Waals surface area (Å²) >= 11 is 3.39. The van der Waals surface area contributed by atoms with Crippen molar-refractivity contribution in [3.05, 3.63) is 34.8 Å². The largest absolute Gasteiger partial charge is 0.360 e. The van der Waals surface area contributed by atoms with Gasteiger partial charge in [0.1, 0.15) is 0 Å². The van der Waals surface area contributed by atoms with Gasteiger partial charge in [-0.1, -0.05) is 33.2 Å². The van der Waals surface area contributed by atoms with Gasteiger partial charge in [-0.25, -0.2) is 0 Å². The molecule has 15 heavy (non-hydrogen) atoms. The molecule has 4 heteroatoms. The van der Waals surface area contributed by atoms with E-state index in [4.69, 9.17) is 4.52 Å². The number of aromatic nitrogens is 1. The second kappa shape index (κ2) is 4.06. The van der Waals surface area contributed by atoms with Gasteiger partial charge in [0, 0.05) is 30.2 Å². The Morgan fingerprint density at radius 1 is 1.20 bits per heavy atom. The fourth-order valence-electron chi connectivity index (χ4n) is 1.23. The number of rotatable bonds is 2. The van der Waals surface area contributed by atoms with E-state index >= 15 is 0 Å². The minimum absolute atomic E-state index is 0.784. The summed E-state index contributed by atoms with van der Waals surface area (Å²) in [5.74, 6) is 1.61. The van der Waals surface area contributed by atoms with Crippen LogP contribution in [0.2, 0.25) is 0 Å². The van der Waals surface area contributed by atoms with Crippen molar-refractivity contribution in [2.24, 2.45) is 0 Å². The van der Waals surface area contributed by atoms with E-state index in [9.17, 15) is 0 Å². The van der Waals surface area contributed by atoms with Crippen LogP contribution in [0.3, 0.4) is 0 Å². The van der Waals surface area contributed by atoms with Crippen molar-refractivity contribution in [1.29, 1.82) is 0 Å². The molecule has 1 aromatic carbocycles. The minimum Gasteiger partial charge on any atom is -0.360 e. The first-order valence-electron chi connectivity index (χ1n) is 4.57. The van der Waals surface area contributed by atoms with Gasteiger partial charge >= 0.3 is 0 Å². The van der Waals surface area contributed by atoms with Gasteiger partial charge in [0.05, 0.1) is 0 Å². The number of hydrogen-bond acceptors (Lipinski definition) is 3. The number of anilines is 1. The minimum atomic E-state index is 0.784. The van der Waals surface area contributed by atoms with Crippen molar-refractivity contribution >= 4 is 21.7 Å². The van der Waals surface area contributed by atoms with Gasteiger partial charge in [0.15, 0.2) is 11.6 Å². The molecular weight excluding hydrogens is 256 g/mol. The molecule has 0 atom stereocenters. The molecule has 78 valence electrons. The molecule has 1 aromatic heterocycles. The lowest BCUT2D eigenvalue weighted by Gasteiger charge is -2.04. The summed E-state index contributed by atoms with van der Waals surface area (Å²) in [5.41, 5.74) is 1.03. The summed E-state index contributed by atoms with van der Waals surface area (Å²) in [6.07, 6.45) is 0. The van der Waals surface area contributed by atoms with Crippen LogP contribution in [0.4, 0.5) is 5.82 Å². The number of nitrogens with zero attached hydrogens (tertiary/aromatic N) is 2. The highest BCUT2D eigenvalue weighted by Crippen LogP contribution is 2.24. The smallest absolute Gasteiger partial charge is 0.172 e. The lowest BCUT2D eigenvalue weighted by atomic mass is 10.2. The average Bonchev–Trinajstić information content (AvgIpc) is 2.68. The monoisotopic (exact) mass is 266 g/mol. The molecule has 0 aliphatic carbocycles. The molecule has 0 aliphatic heterocycles. The van der Waals surface area contributed by atoms with E-state index in [0.29, 0.717) is 0 Å². The standard InChI is InChI=1S/C11H11BrN2O/c1-14(2)11-7-10(15-13-11)8-3-5-9(12)6-4-8/h3-7H,1-2H3. The fourth-order valence-corrected chi connectivity index (χ4v) is 1.49. The molecule has 3 nitrogen and oxygen atoms in total. The molecule has 2 aromatic rings. The first-order chi connectivity index (χ1) is 7.16. The summed E-state index contributed by atoms with van der Waals surface area (Å²) in [7, 11) is 3.87. The molecule has 0 radical (unpaired) electrons. The quantitative estimate of drug-likeness (QED) is 0.836. The van der Waals surface area contributed by atoms with Crippen LogP contribution in [0.1, 0.15) is 0 Å². The zero-order chi connectivity index (χ0) is 10.8. The maximum absolute atomic E-state index is 5.24. The van der Waals surface area contributed by atoms with Crippen LogP contribution in [-0.4, -0.2) is 19.3 Å². The van der Waals surface area contributed by atoms with E-state index in [2.05, 4.69) is 21.1 Å². The van der Waals surface area contributed by atoms with E-state index < -0.39 is 0 Å². The lowest BCUT2D eigenvalue weighted by molar-refractivity contribution is 0.433. The van der Waals surface area contributed by atoms with Crippen molar-refractivity contribution in [2.75, 3.05) is 19.0 Å². The number of halogens is 1. The van der Waals surface area contributed by atoms with E-state index in [1.807, 2.05) is 49.3 Å². The Bertz CT molecular complexity index is 448. The zero-order valence-corrected chi connectivity index (χ0v) is 10.2. The van der Waals surface area contributed by atoms with Crippen LogP contribution < -0.4 is 4.90 Å². The highest BCUT2D eigenvalue weighted by molar-refractivity contribution is 9.10. The summed E-state index contributed by atoms with van der Waals surface area (Å²) in [6, 6.07) is 9.86. The highest BCUT2D eigenvalue weighted by Gasteiger charge is 2.07. The Kier molecular flexibility index (Phi) is 2.77. The van der Waals surface area contributed by atoms with Crippen molar-refractivity contribution in [3.63, 3.8) is 0 Å². The molecule has 0 spiro atoms.